The number of thioether (sulfide) groups is 1. The minimum atomic E-state index is -4.47. The van der Waals surface area contributed by atoms with Gasteiger partial charge in [0.2, 0.25) is 5.95 Å². The molecule has 0 aliphatic rings. The van der Waals surface area contributed by atoms with Crippen LogP contribution in [0.2, 0.25) is 0 Å². The summed E-state index contributed by atoms with van der Waals surface area (Å²) in [6.45, 7) is 2.79. The molecular weight excluding hydrogens is 265 g/mol. The Morgan fingerprint density at radius 1 is 1.28 bits per heavy atom. The molecule has 1 heterocycles. The quantitative estimate of drug-likeness (QED) is 0.785. The van der Waals surface area contributed by atoms with Gasteiger partial charge >= 0.3 is 6.18 Å². The van der Waals surface area contributed by atoms with Gasteiger partial charge in [-0.2, -0.15) is 29.9 Å². The van der Waals surface area contributed by atoms with Gasteiger partial charge in [-0.1, -0.05) is 0 Å². The smallest absolute Gasteiger partial charge is 0.369 e. The largest absolute Gasteiger partial charge is 0.433 e. The Morgan fingerprint density at radius 2 is 2.00 bits per heavy atom. The molecule has 0 bridgehead atoms. The summed E-state index contributed by atoms with van der Waals surface area (Å²) in [6.07, 6.45) is -2.55. The second-order valence-corrected chi connectivity index (χ2v) is 4.40. The minimum absolute atomic E-state index is 0.0148. The van der Waals surface area contributed by atoms with Crippen molar-refractivity contribution >= 4 is 23.5 Å². The number of hydrogen-bond donors (Lipinski definition) is 2. The van der Waals surface area contributed by atoms with Crippen LogP contribution in [0.15, 0.2) is 6.07 Å². The number of nitrogens with zero attached hydrogens (tertiary/aromatic N) is 2. The molecule has 0 unspecified atom stereocenters. The number of anilines is 2. The SMILES string of the molecule is CCNc1nc(NCCSC)cc(C(F)(F)F)n1. The number of aromatic nitrogens is 2. The Morgan fingerprint density at radius 3 is 2.56 bits per heavy atom. The minimum Gasteiger partial charge on any atom is -0.369 e. The van der Waals surface area contributed by atoms with Crippen LogP contribution in [-0.4, -0.2) is 35.1 Å². The van der Waals surface area contributed by atoms with Crippen molar-refractivity contribution in [3.05, 3.63) is 11.8 Å². The van der Waals surface area contributed by atoms with Crippen LogP contribution in [0.4, 0.5) is 24.9 Å². The monoisotopic (exact) mass is 280 g/mol. The number of nitrogens with one attached hydrogen (secondary N) is 2. The standard InChI is InChI=1S/C10H15F3N4S/c1-3-14-9-16-7(10(11,12)13)6-8(17-9)15-4-5-18-2/h6H,3-5H2,1-2H3,(H2,14,15,16,17). The van der Waals surface area contributed by atoms with Gasteiger partial charge in [0.05, 0.1) is 0 Å². The van der Waals surface area contributed by atoms with E-state index in [1.165, 1.54) is 0 Å². The summed E-state index contributed by atoms with van der Waals surface area (Å²) in [5.74, 6) is 0.961. The van der Waals surface area contributed by atoms with Gasteiger partial charge in [-0.3, -0.25) is 0 Å². The molecule has 8 heteroatoms. The fourth-order valence-electron chi connectivity index (χ4n) is 1.20. The second-order valence-electron chi connectivity index (χ2n) is 3.41. The molecule has 0 aromatic carbocycles. The summed E-state index contributed by atoms with van der Waals surface area (Å²) in [7, 11) is 0. The van der Waals surface area contributed by atoms with E-state index >= 15 is 0 Å². The molecule has 1 aromatic rings. The Labute approximate surface area is 108 Å². The second kappa shape index (κ2) is 6.67. The molecule has 0 atom stereocenters. The van der Waals surface area contributed by atoms with Crippen molar-refractivity contribution in [3.63, 3.8) is 0 Å². The first kappa shape index (κ1) is 14.9. The lowest BCUT2D eigenvalue weighted by molar-refractivity contribution is -0.141. The first-order valence-corrected chi connectivity index (χ1v) is 6.79. The van der Waals surface area contributed by atoms with E-state index in [4.69, 9.17) is 0 Å². The van der Waals surface area contributed by atoms with Crippen LogP contribution >= 0.6 is 11.8 Å². The van der Waals surface area contributed by atoms with Gasteiger partial charge in [-0.05, 0) is 13.2 Å². The zero-order chi connectivity index (χ0) is 13.6. The van der Waals surface area contributed by atoms with E-state index in [0.29, 0.717) is 13.1 Å². The van der Waals surface area contributed by atoms with E-state index in [0.717, 1.165) is 11.8 Å². The summed E-state index contributed by atoms with van der Waals surface area (Å²) in [5.41, 5.74) is -0.944. The summed E-state index contributed by atoms with van der Waals surface area (Å²) < 4.78 is 37.9. The first-order valence-electron chi connectivity index (χ1n) is 5.40. The maximum absolute atomic E-state index is 12.6. The lowest BCUT2D eigenvalue weighted by Gasteiger charge is -2.11. The number of halogens is 3. The molecule has 0 saturated heterocycles. The van der Waals surface area contributed by atoms with E-state index in [9.17, 15) is 13.2 Å². The topological polar surface area (TPSA) is 49.8 Å². The highest BCUT2D eigenvalue weighted by Gasteiger charge is 2.33. The third kappa shape index (κ3) is 4.59. The van der Waals surface area contributed by atoms with Crippen molar-refractivity contribution in [2.45, 2.75) is 13.1 Å². The van der Waals surface area contributed by atoms with Gasteiger partial charge < -0.3 is 10.6 Å². The molecule has 102 valence electrons. The fourth-order valence-corrected chi connectivity index (χ4v) is 1.51. The average Bonchev–Trinajstić information content (AvgIpc) is 2.28. The maximum Gasteiger partial charge on any atom is 0.433 e. The van der Waals surface area contributed by atoms with Gasteiger partial charge in [-0.25, -0.2) is 4.98 Å². The lowest BCUT2D eigenvalue weighted by atomic mass is 10.3. The molecule has 0 fully saturated rings. The molecule has 0 amide bonds. The third-order valence-electron chi connectivity index (χ3n) is 1.96. The molecule has 4 nitrogen and oxygen atoms in total. The van der Waals surface area contributed by atoms with Crippen molar-refractivity contribution in [2.75, 3.05) is 35.7 Å². The summed E-state index contributed by atoms with van der Waals surface area (Å²) >= 11 is 1.60. The predicted octanol–water partition coefficient (Wildman–Crippen LogP) is 2.70. The van der Waals surface area contributed by atoms with Crippen LogP contribution in [0.1, 0.15) is 12.6 Å². The molecule has 1 rings (SSSR count). The van der Waals surface area contributed by atoms with Crippen LogP contribution in [-0.2, 0) is 6.18 Å². The van der Waals surface area contributed by atoms with E-state index in [-0.39, 0.29) is 11.8 Å². The van der Waals surface area contributed by atoms with Crippen LogP contribution in [0.3, 0.4) is 0 Å². The Bertz CT molecular complexity index is 384. The van der Waals surface area contributed by atoms with Gasteiger partial charge in [0.25, 0.3) is 0 Å². The number of rotatable bonds is 6. The van der Waals surface area contributed by atoms with Crippen molar-refractivity contribution in [1.29, 1.82) is 0 Å². The average molecular weight is 280 g/mol. The molecule has 0 saturated carbocycles. The molecule has 0 aliphatic heterocycles. The van der Waals surface area contributed by atoms with Crippen LogP contribution in [0.5, 0.6) is 0 Å². The molecule has 18 heavy (non-hydrogen) atoms. The zero-order valence-electron chi connectivity index (χ0n) is 10.1. The number of alkyl halides is 3. The molecular formula is C10H15F3N4S. The van der Waals surface area contributed by atoms with E-state index < -0.39 is 11.9 Å². The van der Waals surface area contributed by atoms with Crippen molar-refractivity contribution < 1.29 is 13.2 Å². The third-order valence-corrected chi connectivity index (χ3v) is 2.58. The van der Waals surface area contributed by atoms with Crippen LogP contribution in [0.25, 0.3) is 0 Å². The Hall–Kier alpha value is -1.18. The van der Waals surface area contributed by atoms with Gasteiger partial charge in [-0.15, -0.1) is 0 Å². The highest BCUT2D eigenvalue weighted by molar-refractivity contribution is 7.98. The predicted molar refractivity (Wildman–Crippen MR) is 68.1 cm³/mol. The molecule has 0 spiro atoms. The van der Waals surface area contributed by atoms with E-state index in [1.54, 1.807) is 18.7 Å². The summed E-state index contributed by atoms with van der Waals surface area (Å²) in [5, 5.41) is 5.53. The van der Waals surface area contributed by atoms with Gasteiger partial charge in [0.15, 0.2) is 5.69 Å². The highest BCUT2D eigenvalue weighted by atomic mass is 32.2. The normalized spacial score (nSPS) is 11.4. The van der Waals surface area contributed by atoms with Gasteiger partial charge in [0, 0.05) is 24.9 Å². The van der Waals surface area contributed by atoms with E-state index in [2.05, 4.69) is 20.6 Å². The maximum atomic E-state index is 12.6. The Balaban J connectivity index is 2.91. The first-order chi connectivity index (χ1) is 8.47. The summed E-state index contributed by atoms with van der Waals surface area (Å²) in [4.78, 5) is 7.40. The van der Waals surface area contributed by atoms with Crippen molar-refractivity contribution in [2.24, 2.45) is 0 Å². The van der Waals surface area contributed by atoms with E-state index in [1.807, 2.05) is 6.26 Å². The lowest BCUT2D eigenvalue weighted by Crippen LogP contribution is -2.14. The fraction of sp³-hybridized carbons (Fsp3) is 0.600. The molecule has 2 N–H and O–H groups in total. The molecule has 1 aromatic heterocycles. The van der Waals surface area contributed by atoms with Gasteiger partial charge in [0.1, 0.15) is 5.82 Å². The van der Waals surface area contributed by atoms with Crippen molar-refractivity contribution in [3.8, 4) is 0 Å². The zero-order valence-corrected chi connectivity index (χ0v) is 11.0. The summed E-state index contributed by atoms with van der Waals surface area (Å²) in [6, 6.07) is 0.918. The highest BCUT2D eigenvalue weighted by Crippen LogP contribution is 2.29. The Kier molecular flexibility index (Phi) is 5.52. The van der Waals surface area contributed by atoms with Crippen LogP contribution in [0, 0.1) is 0 Å². The van der Waals surface area contributed by atoms with Crippen LogP contribution < -0.4 is 10.6 Å². The number of hydrogen-bond acceptors (Lipinski definition) is 5. The molecule has 0 radical (unpaired) electrons. The van der Waals surface area contributed by atoms with Crippen molar-refractivity contribution in [1.82, 2.24) is 9.97 Å². The molecule has 0 aliphatic carbocycles.